The summed E-state index contributed by atoms with van der Waals surface area (Å²) in [5, 5.41) is 10.1. The van der Waals surface area contributed by atoms with Crippen LogP contribution in [0.2, 0.25) is 0 Å². The number of ether oxygens (including phenoxy) is 1. The topological polar surface area (TPSA) is 45.1 Å². The van der Waals surface area contributed by atoms with Gasteiger partial charge in [-0.1, -0.05) is 46.9 Å². The van der Waals surface area contributed by atoms with Crippen LogP contribution in [0.25, 0.3) is 0 Å². The van der Waals surface area contributed by atoms with E-state index < -0.39 is 9.90 Å². The first-order valence-corrected chi connectivity index (χ1v) is 9.63. The van der Waals surface area contributed by atoms with E-state index >= 15 is 0 Å². The summed E-state index contributed by atoms with van der Waals surface area (Å²) in [6, 6.07) is 10.8. The molecular formula is C20H23Cl3N2O2. The van der Waals surface area contributed by atoms with Gasteiger partial charge in [-0.05, 0) is 61.7 Å². The lowest BCUT2D eigenvalue weighted by Gasteiger charge is -2.20. The van der Waals surface area contributed by atoms with Crippen LogP contribution in [0, 0.1) is 13.8 Å². The van der Waals surface area contributed by atoms with Crippen molar-refractivity contribution in [3.63, 3.8) is 0 Å². The molecule has 0 aliphatic carbocycles. The fourth-order valence-corrected chi connectivity index (χ4v) is 2.71. The Morgan fingerprint density at radius 1 is 1.19 bits per heavy atom. The molecule has 7 heteroatoms. The zero-order valence-electron chi connectivity index (χ0n) is 15.7. The summed E-state index contributed by atoms with van der Waals surface area (Å²) in [6.07, 6.45) is 0.560. The lowest BCUT2D eigenvalue weighted by atomic mass is 10.1. The van der Waals surface area contributed by atoms with Gasteiger partial charge in [-0.25, -0.2) is 4.99 Å². The standard InChI is InChI=1S/C20H23Cl3N2O2/c1-5-25(4)12-24-17-9-14(3)18(10-13(17)2)27-16-8-6-7-15(11-16)19(26)20(21,22)23/h6-12,19,26H,5H2,1-4H3. The van der Waals surface area contributed by atoms with Gasteiger partial charge in [0.1, 0.15) is 17.6 Å². The number of aliphatic hydroxyl groups is 1. The zero-order chi connectivity index (χ0) is 20.2. The van der Waals surface area contributed by atoms with E-state index in [-0.39, 0.29) is 0 Å². The van der Waals surface area contributed by atoms with E-state index in [4.69, 9.17) is 39.5 Å². The van der Waals surface area contributed by atoms with Crippen LogP contribution in [0.1, 0.15) is 29.7 Å². The highest BCUT2D eigenvalue weighted by atomic mass is 35.6. The van der Waals surface area contributed by atoms with Crippen LogP contribution in [0.4, 0.5) is 5.69 Å². The Morgan fingerprint density at radius 3 is 2.52 bits per heavy atom. The number of aryl methyl sites for hydroxylation is 2. The molecule has 1 unspecified atom stereocenters. The third-order valence-electron chi connectivity index (χ3n) is 4.10. The number of alkyl halides is 3. The molecule has 0 aromatic heterocycles. The lowest BCUT2D eigenvalue weighted by molar-refractivity contribution is 0.182. The maximum atomic E-state index is 10.1. The predicted molar refractivity (Wildman–Crippen MR) is 114 cm³/mol. The van der Waals surface area contributed by atoms with Crippen molar-refractivity contribution < 1.29 is 9.84 Å². The van der Waals surface area contributed by atoms with Gasteiger partial charge in [-0.3, -0.25) is 0 Å². The van der Waals surface area contributed by atoms with Gasteiger partial charge in [0.2, 0.25) is 3.79 Å². The van der Waals surface area contributed by atoms with Crippen LogP contribution in [0.5, 0.6) is 11.5 Å². The molecular weight excluding hydrogens is 407 g/mol. The molecule has 27 heavy (non-hydrogen) atoms. The largest absolute Gasteiger partial charge is 0.457 e. The van der Waals surface area contributed by atoms with Crippen LogP contribution in [0.3, 0.4) is 0 Å². The molecule has 146 valence electrons. The monoisotopic (exact) mass is 428 g/mol. The molecule has 1 atom stereocenters. The van der Waals surface area contributed by atoms with Crippen LogP contribution in [0.15, 0.2) is 41.4 Å². The summed E-state index contributed by atoms with van der Waals surface area (Å²) in [5.41, 5.74) is 3.29. The third-order valence-corrected chi connectivity index (χ3v) is 4.72. The van der Waals surface area contributed by atoms with Gasteiger partial charge < -0.3 is 14.7 Å². The average Bonchev–Trinajstić information content (AvgIpc) is 2.61. The molecule has 4 nitrogen and oxygen atoms in total. The van der Waals surface area contributed by atoms with E-state index in [2.05, 4.69) is 11.9 Å². The molecule has 0 spiro atoms. The number of aliphatic imine (C=N–C) groups is 1. The quantitative estimate of drug-likeness (QED) is 0.342. The normalized spacial score (nSPS) is 13.0. The van der Waals surface area contributed by atoms with Crippen LogP contribution < -0.4 is 4.74 Å². The second kappa shape index (κ2) is 9.16. The van der Waals surface area contributed by atoms with Crippen molar-refractivity contribution in [1.29, 1.82) is 0 Å². The van der Waals surface area contributed by atoms with Crippen LogP contribution in [-0.2, 0) is 0 Å². The van der Waals surface area contributed by atoms with Crippen molar-refractivity contribution in [1.82, 2.24) is 4.90 Å². The molecule has 0 saturated heterocycles. The van der Waals surface area contributed by atoms with E-state index in [1.165, 1.54) is 0 Å². The molecule has 0 heterocycles. The second-order valence-electron chi connectivity index (χ2n) is 6.34. The van der Waals surface area contributed by atoms with Crippen molar-refractivity contribution >= 4 is 46.8 Å². The van der Waals surface area contributed by atoms with Gasteiger partial charge in [0.25, 0.3) is 0 Å². The van der Waals surface area contributed by atoms with E-state index in [1.807, 2.05) is 44.3 Å². The zero-order valence-corrected chi connectivity index (χ0v) is 18.0. The summed E-state index contributed by atoms with van der Waals surface area (Å²) in [7, 11) is 1.97. The summed E-state index contributed by atoms with van der Waals surface area (Å²) in [4.78, 5) is 6.52. The fraction of sp³-hybridized carbons (Fsp3) is 0.350. The van der Waals surface area contributed by atoms with Gasteiger partial charge in [-0.15, -0.1) is 0 Å². The highest BCUT2D eigenvalue weighted by Gasteiger charge is 2.32. The van der Waals surface area contributed by atoms with Crippen molar-refractivity contribution in [2.45, 2.75) is 30.7 Å². The summed E-state index contributed by atoms with van der Waals surface area (Å²) < 4.78 is 4.18. The third kappa shape index (κ3) is 6.01. The predicted octanol–water partition coefficient (Wildman–Crippen LogP) is 6.11. The second-order valence-corrected chi connectivity index (χ2v) is 8.71. The first-order valence-electron chi connectivity index (χ1n) is 8.50. The molecule has 0 fully saturated rings. The molecule has 0 radical (unpaired) electrons. The number of benzene rings is 2. The molecule has 2 aromatic rings. The van der Waals surface area contributed by atoms with Gasteiger partial charge in [-0.2, -0.15) is 0 Å². The Labute approximate surface area is 175 Å². The van der Waals surface area contributed by atoms with Crippen molar-refractivity contribution in [2.24, 2.45) is 4.99 Å². The van der Waals surface area contributed by atoms with Gasteiger partial charge in [0.15, 0.2) is 0 Å². The number of aliphatic hydroxyl groups excluding tert-OH is 1. The SMILES string of the molecule is CCN(C)C=Nc1cc(C)c(Oc2cccc(C(O)C(Cl)(Cl)Cl)c2)cc1C. The smallest absolute Gasteiger partial charge is 0.220 e. The van der Waals surface area contributed by atoms with E-state index in [0.29, 0.717) is 17.1 Å². The Hall–Kier alpha value is -1.46. The Kier molecular flexibility index (Phi) is 7.40. The Balaban J connectivity index is 2.26. The minimum Gasteiger partial charge on any atom is -0.457 e. The summed E-state index contributed by atoms with van der Waals surface area (Å²) >= 11 is 17.3. The molecule has 0 bridgehead atoms. The molecule has 2 aromatic carbocycles. The van der Waals surface area contributed by atoms with Crippen LogP contribution >= 0.6 is 34.8 Å². The highest BCUT2D eigenvalue weighted by Crippen LogP contribution is 2.41. The first kappa shape index (κ1) is 21.8. The Bertz CT molecular complexity index is 819. The minimum absolute atomic E-state index is 0.464. The molecule has 1 N–H and O–H groups in total. The minimum atomic E-state index is -1.81. The number of halogens is 3. The van der Waals surface area contributed by atoms with E-state index in [0.717, 1.165) is 23.4 Å². The number of hydrogen-bond acceptors (Lipinski definition) is 3. The molecule has 0 aliphatic rings. The van der Waals surface area contributed by atoms with Crippen LogP contribution in [-0.4, -0.2) is 33.7 Å². The summed E-state index contributed by atoms with van der Waals surface area (Å²) in [6.45, 7) is 6.89. The maximum absolute atomic E-state index is 10.1. The number of nitrogens with zero attached hydrogens (tertiary/aromatic N) is 2. The van der Waals surface area contributed by atoms with Crippen molar-refractivity contribution in [3.05, 3.63) is 53.1 Å². The average molecular weight is 430 g/mol. The highest BCUT2D eigenvalue weighted by molar-refractivity contribution is 6.68. The maximum Gasteiger partial charge on any atom is 0.220 e. The van der Waals surface area contributed by atoms with E-state index in [1.54, 1.807) is 24.3 Å². The lowest BCUT2D eigenvalue weighted by Crippen LogP contribution is -2.16. The molecule has 0 amide bonds. The summed E-state index contributed by atoms with van der Waals surface area (Å²) in [5.74, 6) is 1.25. The number of hydrogen-bond donors (Lipinski definition) is 1. The van der Waals surface area contributed by atoms with Gasteiger partial charge in [0, 0.05) is 13.6 Å². The molecule has 2 rings (SSSR count). The first-order chi connectivity index (χ1) is 12.6. The van der Waals surface area contributed by atoms with Crippen molar-refractivity contribution in [3.8, 4) is 11.5 Å². The Morgan fingerprint density at radius 2 is 1.89 bits per heavy atom. The van der Waals surface area contributed by atoms with Gasteiger partial charge in [0.05, 0.1) is 12.0 Å². The number of rotatable bonds is 6. The van der Waals surface area contributed by atoms with Crippen molar-refractivity contribution in [2.75, 3.05) is 13.6 Å². The molecule has 0 aliphatic heterocycles. The van der Waals surface area contributed by atoms with E-state index in [9.17, 15) is 5.11 Å². The van der Waals surface area contributed by atoms with Gasteiger partial charge >= 0.3 is 0 Å². The fourth-order valence-electron chi connectivity index (χ4n) is 2.33. The molecule has 0 saturated carbocycles.